The van der Waals surface area contributed by atoms with Crippen LogP contribution in [0.15, 0.2) is 53.5 Å². The molecule has 3 rings (SSSR count). The first kappa shape index (κ1) is 17.3. The summed E-state index contributed by atoms with van der Waals surface area (Å²) in [5.41, 5.74) is 1.54. The predicted octanol–water partition coefficient (Wildman–Crippen LogP) is 4.41. The number of hydrogen-bond acceptors (Lipinski definition) is 2. The number of aliphatic imine (C=N–C) groups is 1. The normalized spacial score (nSPS) is 14.4. The van der Waals surface area contributed by atoms with Crippen LogP contribution in [0.3, 0.4) is 0 Å². The van der Waals surface area contributed by atoms with Gasteiger partial charge in [-0.3, -0.25) is 4.99 Å². The van der Waals surface area contributed by atoms with Crippen molar-refractivity contribution in [3.63, 3.8) is 0 Å². The van der Waals surface area contributed by atoms with Crippen molar-refractivity contribution in [2.24, 2.45) is 4.99 Å². The second kappa shape index (κ2) is 6.62. The van der Waals surface area contributed by atoms with Crippen LogP contribution in [0.2, 0.25) is 0 Å². The van der Waals surface area contributed by atoms with Gasteiger partial charge in [-0.25, -0.2) is 0 Å². The van der Waals surface area contributed by atoms with E-state index in [1.165, 1.54) is 12.1 Å². The van der Waals surface area contributed by atoms with Crippen molar-refractivity contribution in [2.75, 3.05) is 25.0 Å². The summed E-state index contributed by atoms with van der Waals surface area (Å²) in [4.78, 5) is 6.45. The molecule has 0 atom stereocenters. The molecule has 2 aromatic carbocycles. The lowest BCUT2D eigenvalue weighted by molar-refractivity contribution is -0.137. The molecular weight excluding hydrogens is 325 g/mol. The minimum Gasteiger partial charge on any atom is -0.372 e. The zero-order valence-electron chi connectivity index (χ0n) is 12.5. The van der Waals surface area contributed by atoms with Crippen LogP contribution in [0.1, 0.15) is 16.7 Å². The number of likely N-dealkylation sites (N-methyl/N-ethyl adjacent to an activating group) is 1. The van der Waals surface area contributed by atoms with E-state index >= 15 is 0 Å². The molecule has 0 radical (unpaired) electrons. The van der Waals surface area contributed by atoms with Crippen molar-refractivity contribution in [3.05, 3.63) is 65.2 Å². The van der Waals surface area contributed by atoms with Crippen LogP contribution < -0.4 is 4.90 Å². The van der Waals surface area contributed by atoms with Crippen molar-refractivity contribution in [1.82, 2.24) is 0 Å². The van der Waals surface area contributed by atoms with E-state index in [9.17, 15) is 13.2 Å². The molecule has 0 saturated heterocycles. The van der Waals surface area contributed by atoms with Gasteiger partial charge in [-0.15, -0.1) is 12.4 Å². The molecule has 1 heterocycles. The number of halogens is 4. The third kappa shape index (κ3) is 3.34. The van der Waals surface area contributed by atoms with E-state index in [1.54, 1.807) is 6.07 Å². The van der Waals surface area contributed by atoms with Gasteiger partial charge in [-0.1, -0.05) is 36.4 Å². The fourth-order valence-electron chi connectivity index (χ4n) is 2.69. The minimum absolute atomic E-state index is 0. The van der Waals surface area contributed by atoms with E-state index in [4.69, 9.17) is 0 Å². The minimum atomic E-state index is -4.40. The lowest BCUT2D eigenvalue weighted by Gasteiger charge is -2.20. The van der Waals surface area contributed by atoms with Gasteiger partial charge in [0, 0.05) is 30.4 Å². The summed E-state index contributed by atoms with van der Waals surface area (Å²) in [5.74, 6) is 0. The molecule has 1 aliphatic rings. The number of nitrogens with zero attached hydrogens (tertiary/aromatic N) is 2. The van der Waals surface area contributed by atoms with Gasteiger partial charge in [-0.2, -0.15) is 13.2 Å². The maximum absolute atomic E-state index is 13.3. The van der Waals surface area contributed by atoms with Gasteiger partial charge in [0.15, 0.2) is 0 Å². The monoisotopic (exact) mass is 340 g/mol. The SMILES string of the molecule is CN1CCN=C(c2ccccc2C(F)(F)F)c2ccccc21.Cl. The Balaban J connectivity index is 0.00000192. The van der Waals surface area contributed by atoms with Gasteiger partial charge in [-0.05, 0) is 12.1 Å². The molecule has 0 unspecified atom stereocenters. The van der Waals surface area contributed by atoms with E-state index in [2.05, 4.69) is 4.99 Å². The quantitative estimate of drug-likeness (QED) is 0.750. The topological polar surface area (TPSA) is 15.6 Å². The van der Waals surface area contributed by atoms with Crippen LogP contribution in [0, 0.1) is 0 Å². The molecule has 1 aliphatic heterocycles. The Hall–Kier alpha value is -2.01. The van der Waals surface area contributed by atoms with Crippen LogP contribution in [0.25, 0.3) is 0 Å². The average Bonchev–Trinajstić information content (AvgIpc) is 2.66. The highest BCUT2D eigenvalue weighted by molar-refractivity contribution is 6.17. The first-order chi connectivity index (χ1) is 10.5. The van der Waals surface area contributed by atoms with Crippen LogP contribution in [-0.4, -0.2) is 25.8 Å². The maximum Gasteiger partial charge on any atom is 0.417 e. The summed E-state index contributed by atoms with van der Waals surface area (Å²) in [5, 5.41) is 0. The van der Waals surface area contributed by atoms with E-state index in [0.29, 0.717) is 18.8 Å². The molecule has 0 aromatic heterocycles. The Morgan fingerprint density at radius 1 is 0.957 bits per heavy atom. The molecule has 2 aromatic rings. The molecule has 0 aliphatic carbocycles. The third-order valence-corrected chi connectivity index (χ3v) is 3.76. The highest BCUT2D eigenvalue weighted by atomic mass is 35.5. The molecule has 0 amide bonds. The highest BCUT2D eigenvalue weighted by Gasteiger charge is 2.35. The van der Waals surface area contributed by atoms with Crippen LogP contribution in [0.4, 0.5) is 18.9 Å². The van der Waals surface area contributed by atoms with Gasteiger partial charge in [0.1, 0.15) is 0 Å². The molecule has 122 valence electrons. The average molecular weight is 341 g/mol. The fraction of sp³-hybridized carbons (Fsp3) is 0.235. The van der Waals surface area contributed by atoms with Gasteiger partial charge >= 0.3 is 6.18 Å². The Kier molecular flexibility index (Phi) is 5.00. The third-order valence-electron chi connectivity index (χ3n) is 3.76. The Morgan fingerprint density at radius 2 is 1.57 bits per heavy atom. The van der Waals surface area contributed by atoms with Gasteiger partial charge < -0.3 is 4.90 Å². The summed E-state index contributed by atoms with van der Waals surface area (Å²) >= 11 is 0. The number of benzene rings is 2. The second-order valence-electron chi connectivity index (χ2n) is 5.21. The summed E-state index contributed by atoms with van der Waals surface area (Å²) < 4.78 is 39.9. The zero-order chi connectivity index (χ0) is 15.7. The number of hydrogen-bond donors (Lipinski definition) is 0. The summed E-state index contributed by atoms with van der Waals surface area (Å²) in [6.07, 6.45) is -4.40. The Labute approximate surface area is 139 Å². The van der Waals surface area contributed by atoms with Crippen molar-refractivity contribution < 1.29 is 13.2 Å². The largest absolute Gasteiger partial charge is 0.417 e. The van der Waals surface area contributed by atoms with Gasteiger partial charge in [0.25, 0.3) is 0 Å². The predicted molar refractivity (Wildman–Crippen MR) is 88.9 cm³/mol. The summed E-state index contributed by atoms with van der Waals surface area (Å²) in [7, 11) is 1.92. The standard InChI is InChI=1S/C17H15F3N2.ClH/c1-22-11-10-21-16(13-7-3-5-9-15(13)22)12-6-2-4-8-14(12)17(18,19)20;/h2-9H,10-11H2,1H3;1H. The van der Waals surface area contributed by atoms with E-state index in [1.807, 2.05) is 36.2 Å². The van der Waals surface area contributed by atoms with E-state index in [-0.39, 0.29) is 18.0 Å². The van der Waals surface area contributed by atoms with Crippen molar-refractivity contribution in [2.45, 2.75) is 6.18 Å². The number of para-hydroxylation sites is 1. The molecule has 0 spiro atoms. The number of alkyl halides is 3. The molecule has 0 N–H and O–H groups in total. The highest BCUT2D eigenvalue weighted by Crippen LogP contribution is 2.34. The summed E-state index contributed by atoms with van der Waals surface area (Å²) in [6.45, 7) is 1.14. The van der Waals surface area contributed by atoms with Crippen LogP contribution in [0.5, 0.6) is 0 Å². The van der Waals surface area contributed by atoms with Crippen molar-refractivity contribution in [3.8, 4) is 0 Å². The van der Waals surface area contributed by atoms with Crippen LogP contribution in [-0.2, 0) is 6.18 Å². The van der Waals surface area contributed by atoms with E-state index in [0.717, 1.165) is 17.3 Å². The number of rotatable bonds is 1. The lowest BCUT2D eigenvalue weighted by Crippen LogP contribution is -2.20. The van der Waals surface area contributed by atoms with Crippen LogP contribution >= 0.6 is 12.4 Å². The molecule has 0 saturated carbocycles. The first-order valence-corrected chi connectivity index (χ1v) is 7.00. The van der Waals surface area contributed by atoms with Gasteiger partial charge in [0.05, 0.1) is 17.8 Å². The number of benzodiazepines with no additional fused rings is 1. The van der Waals surface area contributed by atoms with Gasteiger partial charge in [0.2, 0.25) is 0 Å². The molecule has 0 bridgehead atoms. The Bertz CT molecular complexity index is 726. The molecule has 0 fully saturated rings. The zero-order valence-corrected chi connectivity index (χ0v) is 13.3. The summed E-state index contributed by atoms with van der Waals surface area (Å²) in [6, 6.07) is 13.1. The molecular formula is C17H16ClF3N2. The first-order valence-electron chi connectivity index (χ1n) is 7.00. The van der Waals surface area contributed by atoms with Crippen molar-refractivity contribution in [1.29, 1.82) is 0 Å². The smallest absolute Gasteiger partial charge is 0.372 e. The fourth-order valence-corrected chi connectivity index (χ4v) is 2.69. The number of fused-ring (bicyclic) bond motifs is 1. The number of anilines is 1. The lowest BCUT2D eigenvalue weighted by atomic mass is 9.96. The maximum atomic E-state index is 13.3. The molecule has 23 heavy (non-hydrogen) atoms. The molecule has 6 heteroatoms. The molecule has 2 nitrogen and oxygen atoms in total. The van der Waals surface area contributed by atoms with Crippen molar-refractivity contribution >= 4 is 23.8 Å². The Morgan fingerprint density at radius 3 is 2.26 bits per heavy atom. The van der Waals surface area contributed by atoms with E-state index < -0.39 is 11.7 Å². The second-order valence-corrected chi connectivity index (χ2v) is 5.21.